The zero-order chi connectivity index (χ0) is 13.3. The van der Waals surface area contributed by atoms with Gasteiger partial charge >= 0.3 is 0 Å². The largest absolute Gasteiger partial charge is 0.332 e. The van der Waals surface area contributed by atoms with E-state index in [1.165, 1.54) is 12.5 Å². The quantitative estimate of drug-likeness (QED) is 0.929. The van der Waals surface area contributed by atoms with Crippen LogP contribution in [0.2, 0.25) is 5.02 Å². The summed E-state index contributed by atoms with van der Waals surface area (Å²) in [5, 5.41) is 5.48. The molecule has 1 aromatic heterocycles. The highest BCUT2D eigenvalue weighted by Gasteiger charge is 2.11. The third-order valence-electron chi connectivity index (χ3n) is 2.46. The lowest BCUT2D eigenvalue weighted by atomic mass is 10.1. The van der Waals surface area contributed by atoms with Gasteiger partial charge in [-0.05, 0) is 24.1 Å². The normalized spacial score (nSPS) is 11.7. The number of benzene rings is 1. The molecule has 1 aromatic carbocycles. The van der Waals surface area contributed by atoms with Crippen molar-refractivity contribution in [2.24, 2.45) is 5.14 Å². The fraction of sp³-hybridized carbons (Fsp3) is 0.182. The number of rotatable bonds is 3. The molecule has 2 aromatic rings. The topological polar surface area (TPSA) is 78.0 Å². The van der Waals surface area contributed by atoms with Gasteiger partial charge in [0.05, 0.1) is 12.9 Å². The Hall–Kier alpha value is -1.37. The second-order valence-corrected chi connectivity index (χ2v) is 5.94. The van der Waals surface area contributed by atoms with Crippen LogP contribution in [-0.4, -0.2) is 18.0 Å². The molecule has 0 aliphatic rings. The Bertz CT molecular complexity index is 679. The summed E-state index contributed by atoms with van der Waals surface area (Å²) < 4.78 is 23.8. The maximum absolute atomic E-state index is 11.1. The molecule has 0 saturated heterocycles. The first-order valence-electron chi connectivity index (χ1n) is 5.16. The number of aryl methyl sites for hydroxylation is 1. The van der Waals surface area contributed by atoms with Gasteiger partial charge in [-0.2, -0.15) is 0 Å². The van der Waals surface area contributed by atoms with Crippen LogP contribution in [0.15, 0.2) is 35.7 Å². The van der Waals surface area contributed by atoms with E-state index in [4.69, 9.17) is 16.7 Å². The fourth-order valence-corrected chi connectivity index (χ4v) is 2.32. The average molecular weight is 286 g/mol. The molecule has 7 heteroatoms. The number of hydrogen-bond acceptors (Lipinski definition) is 3. The molecule has 0 radical (unpaired) electrons. The zero-order valence-corrected chi connectivity index (χ0v) is 11.2. The molecule has 0 bridgehead atoms. The maximum atomic E-state index is 11.1. The van der Waals surface area contributed by atoms with E-state index in [2.05, 4.69) is 4.98 Å². The molecule has 0 unspecified atom stereocenters. The van der Waals surface area contributed by atoms with E-state index in [-0.39, 0.29) is 5.03 Å². The summed E-state index contributed by atoms with van der Waals surface area (Å²) in [6.45, 7) is 2.40. The first-order chi connectivity index (χ1) is 8.36. The number of primary sulfonamides is 1. The molecule has 0 aliphatic carbocycles. The van der Waals surface area contributed by atoms with Crippen LogP contribution in [-0.2, 0) is 16.6 Å². The van der Waals surface area contributed by atoms with Crippen molar-refractivity contribution >= 4 is 21.6 Å². The minimum atomic E-state index is -3.76. The predicted octanol–water partition coefficient (Wildman–Crippen LogP) is 1.54. The maximum Gasteiger partial charge on any atom is 0.257 e. The Morgan fingerprint density at radius 3 is 2.72 bits per heavy atom. The Kier molecular flexibility index (Phi) is 3.43. The van der Waals surface area contributed by atoms with Crippen LogP contribution < -0.4 is 5.14 Å². The van der Waals surface area contributed by atoms with Gasteiger partial charge in [-0.25, -0.2) is 18.5 Å². The number of imidazole rings is 1. The molecule has 0 atom stereocenters. The van der Waals surface area contributed by atoms with E-state index >= 15 is 0 Å². The van der Waals surface area contributed by atoms with Gasteiger partial charge in [0, 0.05) is 11.2 Å². The van der Waals surface area contributed by atoms with E-state index in [0.29, 0.717) is 11.6 Å². The molecule has 0 saturated carbocycles. The van der Waals surface area contributed by atoms with E-state index < -0.39 is 10.0 Å². The molecule has 0 fully saturated rings. The van der Waals surface area contributed by atoms with Crippen molar-refractivity contribution in [2.75, 3.05) is 0 Å². The summed E-state index contributed by atoms with van der Waals surface area (Å²) in [7, 11) is -3.76. The van der Waals surface area contributed by atoms with Crippen LogP contribution in [0.25, 0.3) is 0 Å². The highest BCUT2D eigenvalue weighted by molar-refractivity contribution is 7.89. The van der Waals surface area contributed by atoms with Crippen molar-refractivity contribution in [3.63, 3.8) is 0 Å². The molecule has 18 heavy (non-hydrogen) atoms. The molecule has 2 N–H and O–H groups in total. The summed E-state index contributed by atoms with van der Waals surface area (Å²) in [6, 6.07) is 5.70. The smallest absolute Gasteiger partial charge is 0.257 e. The van der Waals surface area contributed by atoms with Crippen molar-refractivity contribution in [1.29, 1.82) is 0 Å². The third-order valence-corrected chi connectivity index (χ3v) is 3.61. The second-order valence-electron chi connectivity index (χ2n) is 4.02. The molecular weight excluding hydrogens is 274 g/mol. The van der Waals surface area contributed by atoms with Gasteiger partial charge in [-0.1, -0.05) is 23.7 Å². The zero-order valence-electron chi connectivity index (χ0n) is 9.67. The molecule has 0 spiro atoms. The summed E-state index contributed by atoms with van der Waals surface area (Å²) in [4.78, 5) is 3.74. The Morgan fingerprint density at radius 1 is 1.44 bits per heavy atom. The van der Waals surface area contributed by atoms with E-state index in [1.54, 1.807) is 4.57 Å². The molecule has 96 valence electrons. The van der Waals surface area contributed by atoms with Crippen molar-refractivity contribution < 1.29 is 8.42 Å². The van der Waals surface area contributed by atoms with Crippen LogP contribution in [0.4, 0.5) is 0 Å². The number of aromatic nitrogens is 2. The van der Waals surface area contributed by atoms with Crippen molar-refractivity contribution in [3.05, 3.63) is 46.9 Å². The van der Waals surface area contributed by atoms with Crippen LogP contribution in [0.5, 0.6) is 0 Å². The molecule has 1 heterocycles. The van der Waals surface area contributed by atoms with Crippen molar-refractivity contribution in [1.82, 2.24) is 9.55 Å². The number of halogens is 1. The number of sulfonamides is 1. The van der Waals surface area contributed by atoms with Gasteiger partial charge in [0.1, 0.15) is 0 Å². The Labute approximate surface area is 110 Å². The highest BCUT2D eigenvalue weighted by atomic mass is 35.5. The van der Waals surface area contributed by atoms with E-state index in [1.807, 2.05) is 25.1 Å². The molecule has 0 amide bonds. The number of nitrogens with zero attached hydrogens (tertiary/aromatic N) is 2. The van der Waals surface area contributed by atoms with Gasteiger partial charge in [-0.15, -0.1) is 0 Å². The first-order valence-corrected chi connectivity index (χ1v) is 7.08. The standard InChI is InChI=1S/C11H12ClN3O2S/c1-8-2-3-9(10(12)4-8)5-15-6-11(14-7-15)18(13,16)17/h2-4,6-7H,5H2,1H3,(H2,13,16,17). The summed E-state index contributed by atoms with van der Waals surface area (Å²) in [5.41, 5.74) is 1.96. The monoisotopic (exact) mass is 285 g/mol. The van der Waals surface area contributed by atoms with Crippen molar-refractivity contribution in [3.8, 4) is 0 Å². The average Bonchev–Trinajstić information content (AvgIpc) is 2.70. The minimum Gasteiger partial charge on any atom is -0.332 e. The van der Waals surface area contributed by atoms with Gasteiger partial charge in [0.15, 0.2) is 5.03 Å². The summed E-state index contributed by atoms with van der Waals surface area (Å²) in [6.07, 6.45) is 2.79. The number of nitrogens with two attached hydrogens (primary N) is 1. The van der Waals surface area contributed by atoms with Crippen LogP contribution in [0.3, 0.4) is 0 Å². The highest BCUT2D eigenvalue weighted by Crippen LogP contribution is 2.19. The summed E-state index contributed by atoms with van der Waals surface area (Å²) in [5.74, 6) is 0. The van der Waals surface area contributed by atoms with Gasteiger partial charge in [-0.3, -0.25) is 0 Å². The molecule has 5 nitrogen and oxygen atoms in total. The first kappa shape index (κ1) is 13.1. The fourth-order valence-electron chi connectivity index (χ4n) is 1.55. The number of hydrogen-bond donors (Lipinski definition) is 1. The third kappa shape index (κ3) is 2.90. The lowest BCUT2D eigenvalue weighted by molar-refractivity contribution is 0.594. The predicted molar refractivity (Wildman–Crippen MR) is 68.9 cm³/mol. The Morgan fingerprint density at radius 2 is 2.17 bits per heavy atom. The van der Waals surface area contributed by atoms with Gasteiger partial charge in [0.25, 0.3) is 10.0 Å². The van der Waals surface area contributed by atoms with Crippen LogP contribution in [0, 0.1) is 6.92 Å². The second kappa shape index (κ2) is 4.72. The van der Waals surface area contributed by atoms with E-state index in [9.17, 15) is 8.42 Å². The van der Waals surface area contributed by atoms with Gasteiger partial charge < -0.3 is 4.57 Å². The minimum absolute atomic E-state index is 0.147. The van der Waals surface area contributed by atoms with Crippen LogP contribution >= 0.6 is 11.6 Å². The van der Waals surface area contributed by atoms with Gasteiger partial charge in [0.2, 0.25) is 0 Å². The lowest BCUT2D eigenvalue weighted by Crippen LogP contribution is -2.12. The SMILES string of the molecule is Cc1ccc(Cn2cnc(S(N)(=O)=O)c2)c(Cl)c1. The Balaban J connectivity index is 2.27. The molecule has 0 aliphatic heterocycles. The molecule has 2 rings (SSSR count). The lowest BCUT2D eigenvalue weighted by Gasteiger charge is -2.05. The molecular formula is C11H12ClN3O2S. The summed E-state index contributed by atoms with van der Waals surface area (Å²) >= 11 is 6.10. The van der Waals surface area contributed by atoms with Crippen LogP contribution in [0.1, 0.15) is 11.1 Å². The van der Waals surface area contributed by atoms with Crippen molar-refractivity contribution in [2.45, 2.75) is 18.5 Å². The van der Waals surface area contributed by atoms with E-state index in [0.717, 1.165) is 11.1 Å².